The van der Waals surface area contributed by atoms with E-state index in [1.165, 1.54) is 0 Å². The molecule has 3 rings (SSSR count). The van der Waals surface area contributed by atoms with Crippen molar-refractivity contribution >= 4 is 11.3 Å². The highest BCUT2D eigenvalue weighted by Gasteiger charge is 2.09. The van der Waals surface area contributed by atoms with Crippen LogP contribution in [-0.4, -0.2) is 24.5 Å². The molecule has 0 fully saturated rings. The lowest BCUT2D eigenvalue weighted by atomic mass is 10.4. The number of imidazole rings is 2. The minimum absolute atomic E-state index is 0.749. The first kappa shape index (κ1) is 11.2. The summed E-state index contributed by atoms with van der Waals surface area (Å²) in [6.45, 7) is 2.87. The number of aromatic amines is 1. The molecule has 0 radical (unpaired) electrons. The second kappa shape index (κ2) is 4.73. The van der Waals surface area contributed by atoms with Crippen molar-refractivity contribution in [2.75, 3.05) is 0 Å². The molecule has 0 atom stereocenters. The standard InChI is InChI=1S/C12H13N5S/c1-2-9-7-18-11(16-9)6-17-4-3-14-12(17)10-5-13-8-15-10/h3-5,7-8H,2,6H2,1H3,(H,13,15). The average Bonchev–Trinajstić information content (AvgIpc) is 3.09. The normalized spacial score (nSPS) is 10.9. The molecule has 3 heterocycles. The van der Waals surface area contributed by atoms with Crippen molar-refractivity contribution in [1.82, 2.24) is 24.5 Å². The molecule has 0 saturated heterocycles. The van der Waals surface area contributed by atoms with Gasteiger partial charge in [-0.15, -0.1) is 11.3 Å². The van der Waals surface area contributed by atoms with Crippen molar-refractivity contribution in [2.45, 2.75) is 19.9 Å². The molecule has 0 saturated carbocycles. The Labute approximate surface area is 109 Å². The molecule has 92 valence electrons. The maximum absolute atomic E-state index is 4.57. The van der Waals surface area contributed by atoms with Gasteiger partial charge in [-0.3, -0.25) is 0 Å². The van der Waals surface area contributed by atoms with Crippen LogP contribution in [-0.2, 0) is 13.0 Å². The predicted molar refractivity (Wildman–Crippen MR) is 70.4 cm³/mol. The first-order chi connectivity index (χ1) is 8.86. The number of hydrogen-bond donors (Lipinski definition) is 1. The van der Waals surface area contributed by atoms with Crippen molar-refractivity contribution in [3.05, 3.63) is 41.0 Å². The van der Waals surface area contributed by atoms with Gasteiger partial charge >= 0.3 is 0 Å². The molecule has 3 aromatic heterocycles. The van der Waals surface area contributed by atoms with E-state index < -0.39 is 0 Å². The van der Waals surface area contributed by atoms with E-state index in [1.54, 1.807) is 30.1 Å². The molecule has 3 aromatic rings. The maximum Gasteiger partial charge on any atom is 0.158 e. The highest BCUT2D eigenvalue weighted by Crippen LogP contribution is 2.17. The Morgan fingerprint density at radius 3 is 3.11 bits per heavy atom. The SMILES string of the molecule is CCc1csc(Cn2ccnc2-c2cnc[nH]2)n1. The molecule has 0 amide bonds. The Balaban J connectivity index is 1.87. The van der Waals surface area contributed by atoms with Crippen LogP contribution in [0.15, 0.2) is 30.3 Å². The van der Waals surface area contributed by atoms with Crippen LogP contribution < -0.4 is 0 Å². The van der Waals surface area contributed by atoms with E-state index in [0.29, 0.717) is 0 Å². The third kappa shape index (κ3) is 2.06. The summed E-state index contributed by atoms with van der Waals surface area (Å²) in [5.74, 6) is 0.890. The van der Waals surface area contributed by atoms with E-state index in [-0.39, 0.29) is 0 Å². The molecule has 0 aromatic carbocycles. The van der Waals surface area contributed by atoms with Gasteiger partial charge in [0.1, 0.15) is 10.7 Å². The Bertz CT molecular complexity index is 622. The molecule has 0 aliphatic heterocycles. The molecule has 0 bridgehead atoms. The summed E-state index contributed by atoms with van der Waals surface area (Å²) in [5, 5.41) is 3.22. The van der Waals surface area contributed by atoms with Crippen LogP contribution in [0.5, 0.6) is 0 Å². The molecule has 0 aliphatic carbocycles. The quantitative estimate of drug-likeness (QED) is 0.782. The Hall–Kier alpha value is -1.95. The zero-order valence-corrected chi connectivity index (χ0v) is 10.8. The van der Waals surface area contributed by atoms with Crippen molar-refractivity contribution < 1.29 is 0 Å². The van der Waals surface area contributed by atoms with Crippen LogP contribution >= 0.6 is 11.3 Å². The maximum atomic E-state index is 4.57. The van der Waals surface area contributed by atoms with Crippen molar-refractivity contribution in [1.29, 1.82) is 0 Å². The van der Waals surface area contributed by atoms with Gasteiger partial charge in [-0.1, -0.05) is 6.92 Å². The molecule has 6 heteroatoms. The van der Waals surface area contributed by atoms with Crippen molar-refractivity contribution in [3.8, 4) is 11.5 Å². The highest BCUT2D eigenvalue weighted by atomic mass is 32.1. The van der Waals surface area contributed by atoms with Crippen LogP contribution in [0, 0.1) is 0 Å². The summed E-state index contributed by atoms with van der Waals surface area (Å²) in [6, 6.07) is 0. The first-order valence-corrected chi connectivity index (χ1v) is 6.68. The van der Waals surface area contributed by atoms with Gasteiger partial charge < -0.3 is 9.55 Å². The van der Waals surface area contributed by atoms with E-state index in [9.17, 15) is 0 Å². The van der Waals surface area contributed by atoms with Crippen LogP contribution in [0.2, 0.25) is 0 Å². The molecule has 18 heavy (non-hydrogen) atoms. The molecule has 0 aliphatic rings. The van der Waals surface area contributed by atoms with E-state index in [1.807, 2.05) is 6.20 Å². The second-order valence-electron chi connectivity index (χ2n) is 3.93. The lowest BCUT2D eigenvalue weighted by Crippen LogP contribution is -2.01. The average molecular weight is 259 g/mol. The fourth-order valence-electron chi connectivity index (χ4n) is 1.79. The van der Waals surface area contributed by atoms with Gasteiger partial charge in [-0.25, -0.2) is 15.0 Å². The van der Waals surface area contributed by atoms with E-state index in [2.05, 4.69) is 36.8 Å². The number of nitrogens with zero attached hydrogens (tertiary/aromatic N) is 4. The van der Waals surface area contributed by atoms with Crippen LogP contribution in [0.4, 0.5) is 0 Å². The topological polar surface area (TPSA) is 59.4 Å². The molecular formula is C12H13N5S. The van der Waals surface area contributed by atoms with Gasteiger partial charge in [0, 0.05) is 17.8 Å². The number of rotatable bonds is 4. The van der Waals surface area contributed by atoms with Crippen LogP contribution in [0.1, 0.15) is 17.6 Å². The third-order valence-corrected chi connectivity index (χ3v) is 3.60. The van der Waals surface area contributed by atoms with E-state index in [4.69, 9.17) is 0 Å². The highest BCUT2D eigenvalue weighted by molar-refractivity contribution is 7.09. The zero-order chi connectivity index (χ0) is 12.4. The summed E-state index contributed by atoms with van der Waals surface area (Å²) in [4.78, 5) is 16.0. The number of H-pyrrole nitrogens is 1. The molecule has 1 N–H and O–H groups in total. The second-order valence-corrected chi connectivity index (χ2v) is 4.87. The summed E-state index contributed by atoms with van der Waals surface area (Å²) in [7, 11) is 0. The Kier molecular flexibility index (Phi) is 2.93. The molecule has 0 unspecified atom stereocenters. The summed E-state index contributed by atoms with van der Waals surface area (Å²) in [5.41, 5.74) is 2.07. The summed E-state index contributed by atoms with van der Waals surface area (Å²) < 4.78 is 2.08. The predicted octanol–water partition coefficient (Wildman–Crippen LogP) is 2.34. The van der Waals surface area contributed by atoms with Gasteiger partial charge in [-0.2, -0.15) is 0 Å². The first-order valence-electron chi connectivity index (χ1n) is 5.80. The number of aromatic nitrogens is 5. The van der Waals surface area contributed by atoms with Crippen molar-refractivity contribution in [3.63, 3.8) is 0 Å². The molecule has 5 nitrogen and oxygen atoms in total. The van der Waals surface area contributed by atoms with Gasteiger partial charge in [-0.05, 0) is 6.42 Å². The minimum atomic E-state index is 0.749. The van der Waals surface area contributed by atoms with Gasteiger partial charge in [0.05, 0.1) is 24.8 Å². The molecular weight excluding hydrogens is 246 g/mol. The smallest absolute Gasteiger partial charge is 0.158 e. The largest absolute Gasteiger partial charge is 0.342 e. The van der Waals surface area contributed by atoms with Gasteiger partial charge in [0.2, 0.25) is 0 Å². The summed E-state index contributed by atoms with van der Waals surface area (Å²) in [6.07, 6.45) is 8.17. The Morgan fingerprint density at radius 1 is 1.44 bits per heavy atom. The minimum Gasteiger partial charge on any atom is -0.342 e. The van der Waals surface area contributed by atoms with Gasteiger partial charge in [0.25, 0.3) is 0 Å². The molecule has 0 spiro atoms. The number of hydrogen-bond acceptors (Lipinski definition) is 4. The third-order valence-electron chi connectivity index (χ3n) is 2.72. The monoisotopic (exact) mass is 259 g/mol. The lowest BCUT2D eigenvalue weighted by Gasteiger charge is -2.03. The van der Waals surface area contributed by atoms with Crippen molar-refractivity contribution in [2.24, 2.45) is 0 Å². The van der Waals surface area contributed by atoms with Crippen LogP contribution in [0.25, 0.3) is 11.5 Å². The fraction of sp³-hybridized carbons (Fsp3) is 0.250. The number of nitrogens with one attached hydrogen (secondary N) is 1. The van der Waals surface area contributed by atoms with E-state index in [0.717, 1.165) is 35.2 Å². The van der Waals surface area contributed by atoms with Crippen LogP contribution in [0.3, 0.4) is 0 Å². The number of thiazole rings is 1. The van der Waals surface area contributed by atoms with E-state index >= 15 is 0 Å². The Morgan fingerprint density at radius 2 is 2.39 bits per heavy atom. The zero-order valence-electron chi connectivity index (χ0n) is 10.00. The van der Waals surface area contributed by atoms with Gasteiger partial charge in [0.15, 0.2) is 5.82 Å². The fourth-order valence-corrected chi connectivity index (χ4v) is 2.66. The lowest BCUT2D eigenvalue weighted by molar-refractivity contribution is 0.792. The number of aryl methyl sites for hydroxylation is 1. The summed E-state index contributed by atoms with van der Waals surface area (Å²) >= 11 is 1.69.